The summed E-state index contributed by atoms with van der Waals surface area (Å²) < 4.78 is 51.7. The lowest BCUT2D eigenvalue weighted by Crippen LogP contribution is -2.42. The molecule has 1 aromatic heterocycles. The van der Waals surface area contributed by atoms with E-state index < -0.39 is 30.8 Å². The molecule has 1 saturated heterocycles. The van der Waals surface area contributed by atoms with E-state index in [-0.39, 0.29) is 5.91 Å². The highest BCUT2D eigenvalue weighted by atomic mass is 19.3. The lowest BCUT2D eigenvalue weighted by atomic mass is 9.97. The molecule has 1 aliphatic heterocycles. The second kappa shape index (κ2) is 7.76. The number of amides is 1. The van der Waals surface area contributed by atoms with Gasteiger partial charge >= 0.3 is 0 Å². The summed E-state index contributed by atoms with van der Waals surface area (Å²) in [6.07, 6.45) is -4.24. The molecular weight excluding hydrogens is 316 g/mol. The van der Waals surface area contributed by atoms with Crippen LogP contribution in [0.4, 0.5) is 17.6 Å². The lowest BCUT2D eigenvalue weighted by molar-refractivity contribution is -0.133. The van der Waals surface area contributed by atoms with E-state index in [0.717, 1.165) is 19.4 Å². The van der Waals surface area contributed by atoms with Gasteiger partial charge in [-0.05, 0) is 38.4 Å². The first-order valence-electron chi connectivity index (χ1n) is 7.48. The Bertz CT molecular complexity index is 527. The Kier molecular flexibility index (Phi) is 5.97. The first-order valence-corrected chi connectivity index (χ1v) is 7.48. The molecule has 0 atom stereocenters. The van der Waals surface area contributed by atoms with Crippen molar-refractivity contribution in [3.63, 3.8) is 0 Å². The molecule has 5 nitrogen and oxygen atoms in total. The monoisotopic (exact) mass is 336 g/mol. The maximum absolute atomic E-state index is 12.9. The summed E-state index contributed by atoms with van der Waals surface area (Å²) in [4.78, 5) is 13.8. The summed E-state index contributed by atoms with van der Waals surface area (Å²) >= 11 is 0. The van der Waals surface area contributed by atoms with Gasteiger partial charge in [0.15, 0.2) is 0 Å². The Morgan fingerprint density at radius 2 is 1.96 bits per heavy atom. The van der Waals surface area contributed by atoms with Gasteiger partial charge in [-0.3, -0.25) is 9.48 Å². The highest BCUT2D eigenvalue weighted by molar-refractivity contribution is 5.76. The fourth-order valence-corrected chi connectivity index (χ4v) is 2.76. The molecule has 0 aliphatic carbocycles. The zero-order valence-electron chi connectivity index (χ0n) is 12.8. The van der Waals surface area contributed by atoms with Crippen LogP contribution in [0.25, 0.3) is 0 Å². The molecule has 0 radical (unpaired) electrons. The Labute approximate surface area is 131 Å². The van der Waals surface area contributed by atoms with Gasteiger partial charge in [0, 0.05) is 13.1 Å². The number of aromatic nitrogens is 2. The minimum atomic E-state index is -2.95. The van der Waals surface area contributed by atoms with Crippen molar-refractivity contribution >= 4 is 5.91 Å². The van der Waals surface area contributed by atoms with Crippen LogP contribution in [-0.4, -0.2) is 47.3 Å². The number of rotatable bonds is 6. The maximum Gasteiger partial charge on any atom is 0.282 e. The van der Waals surface area contributed by atoms with Gasteiger partial charge in [-0.1, -0.05) is 0 Å². The van der Waals surface area contributed by atoms with Crippen LogP contribution in [0, 0.1) is 5.92 Å². The fraction of sp³-hybridized carbons (Fsp3) is 0.714. The van der Waals surface area contributed by atoms with Crippen LogP contribution in [0.3, 0.4) is 0 Å². The van der Waals surface area contributed by atoms with E-state index in [1.54, 1.807) is 4.90 Å². The maximum atomic E-state index is 12.9. The summed E-state index contributed by atoms with van der Waals surface area (Å²) in [6.45, 7) is 1.51. The van der Waals surface area contributed by atoms with Gasteiger partial charge < -0.3 is 10.2 Å². The Balaban J connectivity index is 2.00. The molecule has 0 spiro atoms. The van der Waals surface area contributed by atoms with Crippen LogP contribution in [0.2, 0.25) is 0 Å². The predicted octanol–water partition coefficient (Wildman–Crippen LogP) is 2.22. The van der Waals surface area contributed by atoms with Gasteiger partial charge in [0.25, 0.3) is 12.9 Å². The van der Waals surface area contributed by atoms with E-state index in [2.05, 4.69) is 10.4 Å². The number of nitrogens with one attached hydrogen (secondary N) is 1. The van der Waals surface area contributed by atoms with E-state index in [9.17, 15) is 22.4 Å². The fourth-order valence-electron chi connectivity index (χ4n) is 2.76. The second-order valence-corrected chi connectivity index (χ2v) is 5.63. The quantitative estimate of drug-likeness (QED) is 0.811. The molecule has 1 fully saturated rings. The lowest BCUT2D eigenvalue weighted by Gasteiger charge is -2.32. The molecule has 2 rings (SSSR count). The summed E-state index contributed by atoms with van der Waals surface area (Å²) in [5, 5.41) is 6.52. The normalized spacial score (nSPS) is 16.6. The number of hydrogen-bond donors (Lipinski definition) is 1. The standard InChI is InChI=1S/C14H20F4N4O/c1-19-7-9-2-4-21(5-3-9)12(23)8-22-11(14(17)18)6-10(20-22)13(15)16/h6,9,13-14,19H,2-5,7-8H2,1H3. The minimum absolute atomic E-state index is 0.376. The number of halogens is 4. The molecule has 1 N–H and O–H groups in total. The molecule has 0 aromatic carbocycles. The summed E-state index contributed by atoms with van der Waals surface area (Å²) in [5.74, 6) is 0.106. The molecule has 0 saturated carbocycles. The molecule has 1 amide bonds. The third-order valence-electron chi connectivity index (χ3n) is 4.02. The minimum Gasteiger partial charge on any atom is -0.341 e. The van der Waals surface area contributed by atoms with Crippen molar-refractivity contribution in [2.24, 2.45) is 5.92 Å². The van der Waals surface area contributed by atoms with Crippen LogP contribution < -0.4 is 5.32 Å². The summed E-state index contributed by atoms with van der Waals surface area (Å²) in [7, 11) is 1.86. The molecule has 9 heteroatoms. The first kappa shape index (κ1) is 17.7. The van der Waals surface area contributed by atoms with Crippen molar-refractivity contribution in [1.29, 1.82) is 0 Å². The van der Waals surface area contributed by atoms with Crippen molar-refractivity contribution in [3.8, 4) is 0 Å². The second-order valence-electron chi connectivity index (χ2n) is 5.63. The summed E-state index contributed by atoms with van der Waals surface area (Å²) in [6, 6.07) is 0.655. The Morgan fingerprint density at radius 3 is 2.48 bits per heavy atom. The van der Waals surface area contributed by atoms with Crippen LogP contribution in [-0.2, 0) is 11.3 Å². The van der Waals surface area contributed by atoms with E-state index in [1.807, 2.05) is 7.05 Å². The van der Waals surface area contributed by atoms with Gasteiger partial charge in [-0.2, -0.15) is 5.10 Å². The third kappa shape index (κ3) is 4.43. The van der Waals surface area contributed by atoms with Gasteiger partial charge in [0.2, 0.25) is 5.91 Å². The Hall–Kier alpha value is -1.64. The number of carbonyl (C=O) groups excluding carboxylic acids is 1. The molecule has 0 unspecified atom stereocenters. The summed E-state index contributed by atoms with van der Waals surface area (Å²) in [5.41, 5.74) is -1.39. The van der Waals surface area contributed by atoms with Crippen molar-refractivity contribution in [3.05, 3.63) is 17.5 Å². The number of alkyl halides is 4. The largest absolute Gasteiger partial charge is 0.341 e. The van der Waals surface area contributed by atoms with E-state index >= 15 is 0 Å². The zero-order valence-corrected chi connectivity index (χ0v) is 12.8. The van der Waals surface area contributed by atoms with Crippen molar-refractivity contribution in [2.75, 3.05) is 26.7 Å². The van der Waals surface area contributed by atoms with Crippen molar-refractivity contribution < 1.29 is 22.4 Å². The zero-order chi connectivity index (χ0) is 17.0. The van der Waals surface area contributed by atoms with E-state index in [0.29, 0.717) is 29.8 Å². The number of carbonyl (C=O) groups is 1. The molecule has 0 bridgehead atoms. The number of hydrogen-bond acceptors (Lipinski definition) is 3. The molecule has 2 heterocycles. The van der Waals surface area contributed by atoms with Crippen LogP contribution in [0.5, 0.6) is 0 Å². The number of piperidine rings is 1. The number of nitrogens with zero attached hydrogens (tertiary/aromatic N) is 3. The Morgan fingerprint density at radius 1 is 1.30 bits per heavy atom. The number of likely N-dealkylation sites (tertiary alicyclic amines) is 1. The van der Waals surface area contributed by atoms with Crippen LogP contribution in [0.15, 0.2) is 6.07 Å². The SMILES string of the molecule is CNCC1CCN(C(=O)Cn2nc(C(F)F)cc2C(F)F)CC1. The van der Waals surface area contributed by atoms with Gasteiger partial charge in [-0.15, -0.1) is 0 Å². The first-order chi connectivity index (χ1) is 10.9. The van der Waals surface area contributed by atoms with Crippen molar-refractivity contribution in [2.45, 2.75) is 32.2 Å². The highest BCUT2D eigenvalue weighted by Crippen LogP contribution is 2.25. The van der Waals surface area contributed by atoms with Crippen LogP contribution in [0.1, 0.15) is 37.1 Å². The van der Waals surface area contributed by atoms with Crippen LogP contribution >= 0.6 is 0 Å². The average Bonchev–Trinajstić information content (AvgIpc) is 2.92. The predicted molar refractivity (Wildman–Crippen MR) is 75.4 cm³/mol. The van der Waals surface area contributed by atoms with E-state index in [4.69, 9.17) is 0 Å². The van der Waals surface area contributed by atoms with Gasteiger partial charge in [0.05, 0.1) is 0 Å². The smallest absolute Gasteiger partial charge is 0.282 e. The van der Waals surface area contributed by atoms with Gasteiger partial charge in [0.1, 0.15) is 17.9 Å². The highest BCUT2D eigenvalue weighted by Gasteiger charge is 2.26. The van der Waals surface area contributed by atoms with Crippen molar-refractivity contribution in [1.82, 2.24) is 20.0 Å². The average molecular weight is 336 g/mol. The molecule has 130 valence electrons. The topological polar surface area (TPSA) is 50.2 Å². The van der Waals surface area contributed by atoms with Gasteiger partial charge in [-0.25, -0.2) is 17.6 Å². The molecular formula is C14H20F4N4O. The van der Waals surface area contributed by atoms with E-state index in [1.165, 1.54) is 0 Å². The molecule has 23 heavy (non-hydrogen) atoms. The third-order valence-corrected chi connectivity index (χ3v) is 4.02. The molecule has 1 aliphatic rings. The molecule has 1 aromatic rings.